The predicted molar refractivity (Wildman–Crippen MR) is 66.7 cm³/mol. The fourth-order valence-corrected chi connectivity index (χ4v) is 1.63. The fraction of sp³-hybridized carbons (Fsp3) is 0.909. The standard InChI is InChI=1S/C11H22N2O2.ClH/c1-4-11(2,3)10(14)13-5-6-15-9(7-12)8-13;/h9H,4-8,12H2,1-3H3;1H. The molecular weight excluding hydrogens is 228 g/mol. The summed E-state index contributed by atoms with van der Waals surface area (Å²) >= 11 is 0. The highest BCUT2D eigenvalue weighted by molar-refractivity contribution is 5.85. The molecule has 0 radical (unpaired) electrons. The third-order valence-electron chi connectivity index (χ3n) is 3.15. The summed E-state index contributed by atoms with van der Waals surface area (Å²) < 4.78 is 5.43. The molecule has 2 N–H and O–H groups in total. The quantitative estimate of drug-likeness (QED) is 0.814. The molecular formula is C11H23ClN2O2. The molecule has 1 saturated heterocycles. The highest BCUT2D eigenvalue weighted by Gasteiger charge is 2.32. The molecule has 1 unspecified atom stereocenters. The minimum absolute atomic E-state index is 0. The van der Waals surface area contributed by atoms with Gasteiger partial charge in [-0.15, -0.1) is 12.4 Å². The number of ether oxygens (including phenoxy) is 1. The van der Waals surface area contributed by atoms with Crippen LogP contribution in [0.25, 0.3) is 0 Å². The van der Waals surface area contributed by atoms with E-state index in [1.807, 2.05) is 25.7 Å². The first-order chi connectivity index (χ1) is 7.01. The molecule has 1 atom stereocenters. The van der Waals surface area contributed by atoms with Gasteiger partial charge < -0.3 is 15.4 Å². The first kappa shape index (κ1) is 15.7. The van der Waals surface area contributed by atoms with Crippen molar-refractivity contribution in [2.24, 2.45) is 11.1 Å². The lowest BCUT2D eigenvalue weighted by Crippen LogP contribution is -2.51. The first-order valence-corrected chi connectivity index (χ1v) is 5.62. The van der Waals surface area contributed by atoms with E-state index in [-0.39, 0.29) is 29.8 Å². The summed E-state index contributed by atoms with van der Waals surface area (Å²) in [5, 5.41) is 0. The molecule has 5 heteroatoms. The number of halogens is 1. The zero-order valence-electron chi connectivity index (χ0n) is 10.4. The zero-order chi connectivity index (χ0) is 11.5. The van der Waals surface area contributed by atoms with Crippen LogP contribution in [-0.4, -0.2) is 43.2 Å². The molecule has 0 spiro atoms. The van der Waals surface area contributed by atoms with E-state index in [1.54, 1.807) is 0 Å². The average Bonchev–Trinajstić information content (AvgIpc) is 2.28. The second kappa shape index (κ2) is 6.42. The van der Waals surface area contributed by atoms with Gasteiger partial charge in [0.1, 0.15) is 0 Å². The summed E-state index contributed by atoms with van der Waals surface area (Å²) in [6, 6.07) is 0. The summed E-state index contributed by atoms with van der Waals surface area (Å²) in [6.07, 6.45) is 0.867. The lowest BCUT2D eigenvalue weighted by Gasteiger charge is -2.37. The number of nitrogens with two attached hydrogens (primary N) is 1. The first-order valence-electron chi connectivity index (χ1n) is 5.62. The van der Waals surface area contributed by atoms with Crippen LogP contribution in [0.1, 0.15) is 27.2 Å². The van der Waals surface area contributed by atoms with Crippen LogP contribution in [0.15, 0.2) is 0 Å². The second-order valence-electron chi connectivity index (χ2n) is 4.72. The van der Waals surface area contributed by atoms with Gasteiger partial charge in [-0.2, -0.15) is 0 Å². The maximum absolute atomic E-state index is 12.1. The van der Waals surface area contributed by atoms with Gasteiger partial charge in [0.25, 0.3) is 0 Å². The molecule has 0 aromatic heterocycles. The zero-order valence-corrected chi connectivity index (χ0v) is 11.2. The van der Waals surface area contributed by atoms with Crippen LogP contribution >= 0.6 is 12.4 Å². The lowest BCUT2D eigenvalue weighted by atomic mass is 9.88. The summed E-state index contributed by atoms with van der Waals surface area (Å²) in [5.74, 6) is 0.215. The van der Waals surface area contributed by atoms with Gasteiger partial charge in [-0.3, -0.25) is 4.79 Å². The number of morpholine rings is 1. The van der Waals surface area contributed by atoms with Crippen LogP contribution < -0.4 is 5.73 Å². The van der Waals surface area contributed by atoms with E-state index < -0.39 is 0 Å². The van der Waals surface area contributed by atoms with Crippen molar-refractivity contribution in [1.82, 2.24) is 4.90 Å². The Morgan fingerprint density at radius 3 is 2.69 bits per heavy atom. The Balaban J connectivity index is 0.00000225. The number of rotatable bonds is 3. The number of amides is 1. The van der Waals surface area contributed by atoms with E-state index in [0.29, 0.717) is 26.2 Å². The molecule has 1 amide bonds. The van der Waals surface area contributed by atoms with Crippen LogP contribution in [-0.2, 0) is 9.53 Å². The van der Waals surface area contributed by atoms with Gasteiger partial charge in [-0.1, -0.05) is 20.8 Å². The molecule has 0 bridgehead atoms. The Labute approximate surface area is 104 Å². The van der Waals surface area contributed by atoms with Crippen molar-refractivity contribution in [3.8, 4) is 0 Å². The predicted octanol–water partition coefficient (Wildman–Crippen LogP) is 1.03. The van der Waals surface area contributed by atoms with Gasteiger partial charge >= 0.3 is 0 Å². The summed E-state index contributed by atoms with van der Waals surface area (Å²) in [6.45, 7) is 8.44. The topological polar surface area (TPSA) is 55.6 Å². The molecule has 4 nitrogen and oxygen atoms in total. The lowest BCUT2D eigenvalue weighted by molar-refractivity contribution is -0.147. The fourth-order valence-electron chi connectivity index (χ4n) is 1.63. The molecule has 0 saturated carbocycles. The van der Waals surface area contributed by atoms with Crippen molar-refractivity contribution in [2.75, 3.05) is 26.2 Å². The van der Waals surface area contributed by atoms with Crippen LogP contribution in [0.5, 0.6) is 0 Å². The van der Waals surface area contributed by atoms with Crippen molar-refractivity contribution in [1.29, 1.82) is 0 Å². The van der Waals surface area contributed by atoms with Crippen molar-refractivity contribution in [3.63, 3.8) is 0 Å². The monoisotopic (exact) mass is 250 g/mol. The number of nitrogens with zero attached hydrogens (tertiary/aromatic N) is 1. The van der Waals surface area contributed by atoms with Gasteiger partial charge in [0.15, 0.2) is 0 Å². The number of carbonyl (C=O) groups is 1. The van der Waals surface area contributed by atoms with Gasteiger partial charge in [-0.25, -0.2) is 0 Å². The molecule has 1 rings (SSSR count). The number of carbonyl (C=O) groups excluding carboxylic acids is 1. The highest BCUT2D eigenvalue weighted by atomic mass is 35.5. The molecule has 0 aromatic carbocycles. The van der Waals surface area contributed by atoms with Gasteiger partial charge in [-0.05, 0) is 6.42 Å². The average molecular weight is 251 g/mol. The number of hydrogen-bond acceptors (Lipinski definition) is 3. The van der Waals surface area contributed by atoms with Crippen LogP contribution in [0.4, 0.5) is 0 Å². The summed E-state index contributed by atoms with van der Waals surface area (Å²) in [7, 11) is 0. The van der Waals surface area contributed by atoms with Crippen molar-refractivity contribution in [3.05, 3.63) is 0 Å². The molecule has 16 heavy (non-hydrogen) atoms. The van der Waals surface area contributed by atoms with Gasteiger partial charge in [0, 0.05) is 25.0 Å². The Kier molecular flexibility index (Phi) is 6.30. The van der Waals surface area contributed by atoms with Gasteiger partial charge in [0.05, 0.1) is 12.7 Å². The Bertz CT molecular complexity index is 234. The molecule has 0 aromatic rings. The summed E-state index contributed by atoms with van der Waals surface area (Å²) in [5.41, 5.74) is 5.28. The third-order valence-corrected chi connectivity index (χ3v) is 3.15. The molecule has 0 aliphatic carbocycles. The van der Waals surface area contributed by atoms with E-state index in [9.17, 15) is 4.79 Å². The van der Waals surface area contributed by atoms with E-state index in [2.05, 4.69) is 0 Å². The molecule has 1 aliphatic rings. The Morgan fingerprint density at radius 1 is 1.56 bits per heavy atom. The van der Waals surface area contributed by atoms with Crippen molar-refractivity contribution < 1.29 is 9.53 Å². The van der Waals surface area contributed by atoms with E-state index >= 15 is 0 Å². The second-order valence-corrected chi connectivity index (χ2v) is 4.72. The van der Waals surface area contributed by atoms with Crippen molar-refractivity contribution in [2.45, 2.75) is 33.3 Å². The minimum Gasteiger partial charge on any atom is -0.373 e. The third kappa shape index (κ3) is 3.61. The van der Waals surface area contributed by atoms with Gasteiger partial charge in [0.2, 0.25) is 5.91 Å². The molecule has 1 aliphatic heterocycles. The smallest absolute Gasteiger partial charge is 0.228 e. The van der Waals surface area contributed by atoms with Crippen LogP contribution in [0.3, 0.4) is 0 Å². The highest BCUT2D eigenvalue weighted by Crippen LogP contribution is 2.24. The van der Waals surface area contributed by atoms with E-state index in [4.69, 9.17) is 10.5 Å². The Hall–Kier alpha value is -0.320. The van der Waals surface area contributed by atoms with Crippen LogP contribution in [0.2, 0.25) is 0 Å². The SMILES string of the molecule is CCC(C)(C)C(=O)N1CCOC(CN)C1.Cl. The maximum Gasteiger partial charge on any atom is 0.228 e. The Morgan fingerprint density at radius 2 is 2.19 bits per heavy atom. The normalized spacial score (nSPS) is 21.5. The minimum atomic E-state index is -0.267. The largest absolute Gasteiger partial charge is 0.373 e. The maximum atomic E-state index is 12.1. The molecule has 96 valence electrons. The van der Waals surface area contributed by atoms with Crippen LogP contribution in [0, 0.1) is 5.41 Å². The van der Waals surface area contributed by atoms with E-state index in [0.717, 1.165) is 6.42 Å². The number of hydrogen-bond donors (Lipinski definition) is 1. The summed E-state index contributed by atoms with van der Waals surface area (Å²) in [4.78, 5) is 14.0. The van der Waals surface area contributed by atoms with Crippen molar-refractivity contribution >= 4 is 18.3 Å². The van der Waals surface area contributed by atoms with E-state index in [1.165, 1.54) is 0 Å². The molecule has 1 fully saturated rings. The molecule has 1 heterocycles.